The third-order valence-electron chi connectivity index (χ3n) is 5.29. The number of hydrogen-bond donors (Lipinski definition) is 2. The van der Waals surface area contributed by atoms with Crippen LogP contribution in [0.25, 0.3) is 0 Å². The molecule has 188 valence electrons. The molecule has 37 heavy (non-hydrogen) atoms. The fraction of sp³-hybridized carbons (Fsp3) is 0.0714. The Morgan fingerprint density at radius 3 is 2.19 bits per heavy atom. The summed E-state index contributed by atoms with van der Waals surface area (Å²) in [5.41, 5.74) is 0.901. The van der Waals surface area contributed by atoms with Crippen LogP contribution >= 0.6 is 23.2 Å². The van der Waals surface area contributed by atoms with Gasteiger partial charge in [0.15, 0.2) is 0 Å². The van der Waals surface area contributed by atoms with Gasteiger partial charge in [-0.15, -0.1) is 0 Å². The van der Waals surface area contributed by atoms with Gasteiger partial charge in [0.1, 0.15) is 17.3 Å². The molecule has 0 saturated carbocycles. The molecule has 0 fully saturated rings. The number of rotatable bonds is 8. The Bertz CT molecular complexity index is 1390. The van der Waals surface area contributed by atoms with Crippen molar-refractivity contribution >= 4 is 46.5 Å². The van der Waals surface area contributed by atoms with E-state index in [0.29, 0.717) is 27.8 Å². The zero-order chi connectivity index (χ0) is 26.2. The first kappa shape index (κ1) is 26.0. The first-order valence-electron chi connectivity index (χ1n) is 11.3. The van der Waals surface area contributed by atoms with Gasteiger partial charge in [-0.3, -0.25) is 9.69 Å². The van der Waals surface area contributed by atoms with Gasteiger partial charge in [-0.25, -0.2) is 9.18 Å². The molecule has 0 atom stereocenters. The van der Waals surface area contributed by atoms with E-state index in [2.05, 4.69) is 10.6 Å². The molecule has 0 radical (unpaired) electrons. The highest BCUT2D eigenvalue weighted by Crippen LogP contribution is 2.25. The lowest BCUT2D eigenvalue weighted by atomic mass is 10.2. The molecular formula is C28H22Cl2FN3O3. The first-order chi connectivity index (χ1) is 17.9. The summed E-state index contributed by atoms with van der Waals surface area (Å²) < 4.78 is 20.0. The number of carbonyl (C=O) groups excluding carboxylic acids is 2. The van der Waals surface area contributed by atoms with Crippen molar-refractivity contribution in [3.8, 4) is 11.5 Å². The standard InChI is InChI=1S/C28H22Cl2FN3O3/c29-23-15-10-19(18-24(23)30)27(35)32-16-17-34(28(36)33-26-9-5-4-8-25(26)31)20-11-13-22(14-12-20)37-21-6-2-1-3-7-21/h1-15,18H,16-17H2,(H,32,35)(H,33,36). The Labute approximate surface area is 223 Å². The van der Waals surface area contributed by atoms with Crippen molar-refractivity contribution < 1.29 is 18.7 Å². The molecule has 0 spiro atoms. The van der Waals surface area contributed by atoms with Crippen molar-refractivity contribution in [3.05, 3.63) is 118 Å². The van der Waals surface area contributed by atoms with Gasteiger partial charge >= 0.3 is 6.03 Å². The summed E-state index contributed by atoms with van der Waals surface area (Å²) in [6, 6.07) is 26.0. The highest BCUT2D eigenvalue weighted by molar-refractivity contribution is 6.42. The Morgan fingerprint density at radius 2 is 1.49 bits per heavy atom. The summed E-state index contributed by atoms with van der Waals surface area (Å²) in [7, 11) is 0. The van der Waals surface area contributed by atoms with Crippen molar-refractivity contribution in [2.24, 2.45) is 0 Å². The van der Waals surface area contributed by atoms with E-state index in [-0.39, 0.29) is 29.7 Å². The third kappa shape index (κ3) is 7.00. The molecule has 4 rings (SSSR count). The minimum absolute atomic E-state index is 0.0429. The van der Waals surface area contributed by atoms with Crippen molar-refractivity contribution in [1.29, 1.82) is 0 Å². The topological polar surface area (TPSA) is 70.7 Å². The second-order valence-electron chi connectivity index (χ2n) is 7.86. The normalized spacial score (nSPS) is 10.5. The molecule has 6 nitrogen and oxygen atoms in total. The van der Waals surface area contributed by atoms with Crippen LogP contribution in [0.2, 0.25) is 10.0 Å². The van der Waals surface area contributed by atoms with E-state index in [1.807, 2.05) is 30.3 Å². The molecule has 0 aromatic heterocycles. The zero-order valence-corrected chi connectivity index (χ0v) is 21.0. The maximum Gasteiger partial charge on any atom is 0.326 e. The molecule has 0 bridgehead atoms. The van der Waals surface area contributed by atoms with E-state index >= 15 is 0 Å². The van der Waals surface area contributed by atoms with Crippen LogP contribution in [-0.2, 0) is 0 Å². The maximum absolute atomic E-state index is 14.2. The van der Waals surface area contributed by atoms with E-state index in [1.165, 1.54) is 35.2 Å². The molecule has 0 aliphatic rings. The van der Waals surface area contributed by atoms with Crippen molar-refractivity contribution in [1.82, 2.24) is 5.32 Å². The van der Waals surface area contributed by atoms with Crippen LogP contribution in [0.5, 0.6) is 11.5 Å². The highest BCUT2D eigenvalue weighted by Gasteiger charge is 2.18. The monoisotopic (exact) mass is 537 g/mol. The van der Waals surface area contributed by atoms with Gasteiger partial charge in [0.25, 0.3) is 5.91 Å². The van der Waals surface area contributed by atoms with E-state index in [0.717, 1.165) is 0 Å². The SMILES string of the molecule is O=C(NCCN(C(=O)Nc1ccccc1F)c1ccc(Oc2ccccc2)cc1)c1ccc(Cl)c(Cl)c1. The van der Waals surface area contributed by atoms with Gasteiger partial charge in [-0.05, 0) is 66.7 Å². The van der Waals surface area contributed by atoms with Gasteiger partial charge in [0, 0.05) is 24.3 Å². The summed E-state index contributed by atoms with van der Waals surface area (Å²) in [5.74, 6) is 0.321. The Balaban J connectivity index is 1.48. The molecule has 0 heterocycles. The van der Waals surface area contributed by atoms with Crippen LogP contribution in [0.4, 0.5) is 20.6 Å². The third-order valence-corrected chi connectivity index (χ3v) is 6.03. The minimum atomic E-state index is -0.564. The molecule has 0 aliphatic carbocycles. The fourth-order valence-corrected chi connectivity index (χ4v) is 3.73. The number of benzene rings is 4. The molecule has 2 N–H and O–H groups in total. The molecule has 4 aromatic carbocycles. The fourth-order valence-electron chi connectivity index (χ4n) is 3.43. The number of urea groups is 1. The Morgan fingerprint density at radius 1 is 0.811 bits per heavy atom. The van der Waals surface area contributed by atoms with Gasteiger partial charge in [0.2, 0.25) is 0 Å². The largest absolute Gasteiger partial charge is 0.457 e. The summed E-state index contributed by atoms with van der Waals surface area (Å²) >= 11 is 11.9. The van der Waals surface area contributed by atoms with Crippen LogP contribution in [0, 0.1) is 5.82 Å². The molecule has 9 heteroatoms. The second-order valence-corrected chi connectivity index (χ2v) is 8.67. The lowest BCUT2D eigenvalue weighted by molar-refractivity contribution is 0.0954. The second kappa shape index (κ2) is 12.3. The van der Waals surface area contributed by atoms with Crippen molar-refractivity contribution in [2.75, 3.05) is 23.3 Å². The molecule has 0 unspecified atom stereocenters. The number of carbonyl (C=O) groups is 2. The van der Waals surface area contributed by atoms with E-state index in [9.17, 15) is 14.0 Å². The van der Waals surface area contributed by atoms with E-state index < -0.39 is 11.8 Å². The molecule has 0 aliphatic heterocycles. The van der Waals surface area contributed by atoms with Gasteiger partial charge in [0.05, 0.1) is 15.7 Å². The number of amides is 3. The Kier molecular flexibility index (Phi) is 8.61. The average molecular weight is 538 g/mol. The number of para-hydroxylation sites is 2. The number of nitrogens with one attached hydrogen (secondary N) is 2. The summed E-state index contributed by atoms with van der Waals surface area (Å²) in [5, 5.41) is 5.95. The first-order valence-corrected chi connectivity index (χ1v) is 12.1. The van der Waals surface area contributed by atoms with Gasteiger partial charge in [-0.1, -0.05) is 53.5 Å². The van der Waals surface area contributed by atoms with Gasteiger partial charge < -0.3 is 15.4 Å². The average Bonchev–Trinajstić information content (AvgIpc) is 2.90. The van der Waals surface area contributed by atoms with Crippen LogP contribution in [0.15, 0.2) is 97.1 Å². The van der Waals surface area contributed by atoms with Crippen molar-refractivity contribution in [2.45, 2.75) is 0 Å². The molecular weight excluding hydrogens is 516 g/mol. The smallest absolute Gasteiger partial charge is 0.326 e. The van der Waals surface area contributed by atoms with E-state index in [1.54, 1.807) is 36.4 Å². The van der Waals surface area contributed by atoms with Crippen molar-refractivity contribution in [3.63, 3.8) is 0 Å². The highest BCUT2D eigenvalue weighted by atomic mass is 35.5. The molecule has 4 aromatic rings. The van der Waals surface area contributed by atoms with Crippen LogP contribution < -0.4 is 20.3 Å². The van der Waals surface area contributed by atoms with E-state index in [4.69, 9.17) is 27.9 Å². The predicted molar refractivity (Wildman–Crippen MR) is 145 cm³/mol. The number of anilines is 2. The van der Waals surface area contributed by atoms with Crippen LogP contribution in [0.3, 0.4) is 0 Å². The van der Waals surface area contributed by atoms with Crippen LogP contribution in [0.1, 0.15) is 10.4 Å². The molecule has 0 saturated heterocycles. The maximum atomic E-state index is 14.2. The number of nitrogens with zero attached hydrogens (tertiary/aromatic N) is 1. The number of halogens is 3. The number of hydrogen-bond acceptors (Lipinski definition) is 3. The lowest BCUT2D eigenvalue weighted by Crippen LogP contribution is -2.41. The van der Waals surface area contributed by atoms with Gasteiger partial charge in [-0.2, -0.15) is 0 Å². The summed E-state index contributed by atoms with van der Waals surface area (Å²) in [6.07, 6.45) is 0. The Hall–Kier alpha value is -4.07. The lowest BCUT2D eigenvalue weighted by Gasteiger charge is -2.24. The quantitative estimate of drug-likeness (QED) is 0.246. The minimum Gasteiger partial charge on any atom is -0.457 e. The predicted octanol–water partition coefficient (Wildman–Crippen LogP) is 7.39. The van der Waals surface area contributed by atoms with Crippen LogP contribution in [-0.4, -0.2) is 25.0 Å². The number of ether oxygens (including phenoxy) is 1. The zero-order valence-electron chi connectivity index (χ0n) is 19.5. The molecule has 3 amide bonds. The summed E-state index contributed by atoms with van der Waals surface area (Å²) in [6.45, 7) is 0.221. The summed E-state index contributed by atoms with van der Waals surface area (Å²) in [4.78, 5) is 27.1.